The van der Waals surface area contributed by atoms with Crippen LogP contribution in [0.3, 0.4) is 0 Å². The second kappa shape index (κ2) is 10.1. The molecular formula is C24H22BCl3N6S. The van der Waals surface area contributed by atoms with Crippen LogP contribution in [0.5, 0.6) is 0 Å². The molecule has 1 N–H and O–H groups in total. The number of nitrogens with zero attached hydrogens (tertiary/aromatic N) is 5. The first-order chi connectivity index (χ1) is 16.9. The van der Waals surface area contributed by atoms with E-state index < -0.39 is 0 Å². The van der Waals surface area contributed by atoms with Gasteiger partial charge in [-0.2, -0.15) is 5.10 Å². The number of halogens is 3. The van der Waals surface area contributed by atoms with Crippen molar-refractivity contribution in [3.8, 4) is 0 Å². The highest BCUT2D eigenvalue weighted by Gasteiger charge is 2.53. The van der Waals surface area contributed by atoms with Gasteiger partial charge in [0, 0.05) is 55.1 Å². The molecule has 1 saturated heterocycles. The van der Waals surface area contributed by atoms with Crippen LogP contribution in [-0.2, 0) is 0 Å². The maximum atomic E-state index is 6.59. The molecule has 2 radical (unpaired) electrons. The van der Waals surface area contributed by atoms with Gasteiger partial charge in [0.05, 0.1) is 26.2 Å². The third kappa shape index (κ3) is 5.21. The second-order valence-corrected chi connectivity index (χ2v) is 10.9. The number of amidine groups is 1. The molecule has 1 aliphatic carbocycles. The van der Waals surface area contributed by atoms with Crippen LogP contribution in [0.4, 0.5) is 5.82 Å². The van der Waals surface area contributed by atoms with Crippen LogP contribution in [0, 0.1) is 6.92 Å². The summed E-state index contributed by atoms with van der Waals surface area (Å²) in [5.74, 6) is 1.46. The summed E-state index contributed by atoms with van der Waals surface area (Å²) in [5, 5.41) is 6.25. The number of nitrogens with one attached hydrogen (secondary N) is 1. The van der Waals surface area contributed by atoms with Crippen molar-refractivity contribution in [2.75, 3.05) is 24.5 Å². The quantitative estimate of drug-likeness (QED) is 0.163. The molecule has 1 aromatic carbocycles. The number of hydrogen-bond acceptors (Lipinski definition) is 6. The second-order valence-electron chi connectivity index (χ2n) is 8.78. The van der Waals surface area contributed by atoms with E-state index in [1.165, 1.54) is 17.5 Å². The van der Waals surface area contributed by atoms with Gasteiger partial charge in [0.1, 0.15) is 13.7 Å². The standard InChI is InChI=1S/C24H22BCl3N6S/c1-15-2-4-17(5-3-15)35-32-31-23(21-19(27)12-29-13-20(21)28)34-9-8-33(14-24(34)6-7-24)22-18(25)10-16(26)11-30-22/h2-5,10-13,32H,6-9,14H2,1H3/b31-23-. The SMILES string of the molecule is [B]c1cc(Cl)cnc1N1CCN(/C(=N\NSc2ccc(C)cc2)c2c(Cl)cncc2Cl)C2(CC2)C1. The van der Waals surface area contributed by atoms with Gasteiger partial charge in [0.25, 0.3) is 0 Å². The van der Waals surface area contributed by atoms with Crippen molar-refractivity contribution < 1.29 is 0 Å². The van der Waals surface area contributed by atoms with Crippen molar-refractivity contribution in [3.63, 3.8) is 0 Å². The molecule has 11 heteroatoms. The first-order valence-corrected chi connectivity index (χ1v) is 13.1. The van der Waals surface area contributed by atoms with Gasteiger partial charge in [0.15, 0.2) is 5.84 Å². The van der Waals surface area contributed by atoms with Crippen LogP contribution >= 0.6 is 46.8 Å². The Balaban J connectivity index is 1.44. The molecule has 1 saturated carbocycles. The topological polar surface area (TPSA) is 56.7 Å². The van der Waals surface area contributed by atoms with Crippen molar-refractivity contribution in [2.45, 2.75) is 30.2 Å². The molecule has 35 heavy (non-hydrogen) atoms. The van der Waals surface area contributed by atoms with Crippen molar-refractivity contribution in [2.24, 2.45) is 5.10 Å². The van der Waals surface area contributed by atoms with Gasteiger partial charge < -0.3 is 9.80 Å². The van der Waals surface area contributed by atoms with E-state index in [4.69, 9.17) is 47.8 Å². The highest BCUT2D eigenvalue weighted by molar-refractivity contribution is 7.97. The summed E-state index contributed by atoms with van der Waals surface area (Å²) in [6.07, 6.45) is 6.86. The Labute approximate surface area is 225 Å². The number of aromatic nitrogens is 2. The fraction of sp³-hybridized carbons (Fsp3) is 0.292. The van der Waals surface area contributed by atoms with Gasteiger partial charge in [-0.25, -0.2) is 9.82 Å². The number of aryl methyl sites for hydroxylation is 1. The number of hydrazone groups is 1. The molecule has 2 fully saturated rings. The van der Waals surface area contributed by atoms with Gasteiger partial charge in [-0.05, 0) is 38.0 Å². The largest absolute Gasteiger partial charge is 0.353 e. The molecule has 178 valence electrons. The molecule has 1 spiro atoms. The zero-order chi connectivity index (χ0) is 24.6. The minimum atomic E-state index is -0.114. The molecule has 5 rings (SSSR count). The van der Waals surface area contributed by atoms with Crippen LogP contribution in [0.2, 0.25) is 15.1 Å². The normalized spacial score (nSPS) is 17.1. The van der Waals surface area contributed by atoms with Crippen LogP contribution in [0.1, 0.15) is 24.0 Å². The van der Waals surface area contributed by atoms with E-state index in [0.29, 0.717) is 45.0 Å². The van der Waals surface area contributed by atoms with Gasteiger partial charge in [-0.15, -0.1) is 0 Å². The summed E-state index contributed by atoms with van der Waals surface area (Å²) in [6, 6.07) is 9.99. The Bertz CT molecular complexity index is 1250. The van der Waals surface area contributed by atoms with Crippen molar-refractivity contribution in [1.82, 2.24) is 19.7 Å². The third-order valence-electron chi connectivity index (χ3n) is 6.31. The third-order valence-corrected chi connectivity index (χ3v) is 7.78. The lowest BCUT2D eigenvalue weighted by atomic mass is 9.95. The van der Waals surface area contributed by atoms with Crippen molar-refractivity contribution in [3.05, 3.63) is 75.1 Å². The number of benzene rings is 1. The van der Waals surface area contributed by atoms with Crippen LogP contribution in [0.25, 0.3) is 0 Å². The van der Waals surface area contributed by atoms with Gasteiger partial charge in [-0.3, -0.25) is 4.98 Å². The van der Waals surface area contributed by atoms with Gasteiger partial charge in [0.2, 0.25) is 0 Å². The van der Waals surface area contributed by atoms with Gasteiger partial charge in [-0.1, -0.05) is 58.0 Å². The summed E-state index contributed by atoms with van der Waals surface area (Å²) in [6.45, 7) is 4.24. The molecule has 3 heterocycles. The monoisotopic (exact) mass is 542 g/mol. The Morgan fingerprint density at radius 3 is 2.46 bits per heavy atom. The smallest absolute Gasteiger partial charge is 0.160 e. The average Bonchev–Trinajstić information content (AvgIpc) is 3.58. The highest BCUT2D eigenvalue weighted by Crippen LogP contribution is 2.46. The molecule has 3 aromatic rings. The fourth-order valence-corrected chi connectivity index (χ4v) is 5.58. The first kappa shape index (κ1) is 24.6. The van der Waals surface area contributed by atoms with E-state index in [2.05, 4.69) is 55.8 Å². The van der Waals surface area contributed by atoms with Crippen LogP contribution < -0.4 is 15.2 Å². The van der Waals surface area contributed by atoms with E-state index in [0.717, 1.165) is 30.1 Å². The lowest BCUT2D eigenvalue weighted by Gasteiger charge is -2.44. The summed E-state index contributed by atoms with van der Waals surface area (Å²) >= 11 is 20.7. The van der Waals surface area contributed by atoms with Crippen molar-refractivity contribution in [1.29, 1.82) is 0 Å². The lowest BCUT2D eigenvalue weighted by Crippen LogP contribution is -2.58. The molecule has 6 nitrogen and oxygen atoms in total. The summed E-state index contributed by atoms with van der Waals surface area (Å²) in [7, 11) is 6.24. The van der Waals surface area contributed by atoms with Crippen molar-refractivity contribution >= 4 is 71.7 Å². The molecule has 1 aliphatic heterocycles. The summed E-state index contributed by atoms with van der Waals surface area (Å²) in [5.41, 5.74) is 2.34. The molecule has 0 bridgehead atoms. The molecular weight excluding hydrogens is 522 g/mol. The number of pyridine rings is 2. The number of anilines is 1. The maximum Gasteiger partial charge on any atom is 0.160 e. The molecule has 0 amide bonds. The highest BCUT2D eigenvalue weighted by atomic mass is 35.5. The summed E-state index contributed by atoms with van der Waals surface area (Å²) in [4.78, 5) is 17.4. The zero-order valence-corrected chi connectivity index (χ0v) is 22.1. The zero-order valence-electron chi connectivity index (χ0n) is 19.0. The molecule has 0 atom stereocenters. The number of hydrogen-bond donors (Lipinski definition) is 1. The van der Waals surface area contributed by atoms with E-state index in [1.807, 2.05) is 0 Å². The van der Waals surface area contributed by atoms with E-state index in [-0.39, 0.29) is 5.54 Å². The van der Waals surface area contributed by atoms with E-state index in [9.17, 15) is 0 Å². The van der Waals surface area contributed by atoms with Crippen LogP contribution in [-0.4, -0.2) is 53.7 Å². The minimum absolute atomic E-state index is 0.114. The van der Waals surface area contributed by atoms with Gasteiger partial charge >= 0.3 is 0 Å². The predicted molar refractivity (Wildman–Crippen MR) is 146 cm³/mol. The minimum Gasteiger partial charge on any atom is -0.353 e. The number of piperazine rings is 1. The van der Waals surface area contributed by atoms with Crippen LogP contribution in [0.15, 0.2) is 58.9 Å². The Morgan fingerprint density at radius 1 is 1.09 bits per heavy atom. The van der Waals surface area contributed by atoms with E-state index >= 15 is 0 Å². The molecule has 2 aromatic heterocycles. The lowest BCUT2D eigenvalue weighted by molar-refractivity contribution is 0.259. The Kier molecular flexibility index (Phi) is 7.08. The fourth-order valence-electron chi connectivity index (χ4n) is 4.37. The molecule has 2 aliphatic rings. The maximum absolute atomic E-state index is 6.59. The van der Waals surface area contributed by atoms with E-state index in [1.54, 1.807) is 24.7 Å². The summed E-state index contributed by atoms with van der Waals surface area (Å²) < 4.78 is 0. The Hall–Kier alpha value is -2.13. The molecule has 0 unspecified atom stereocenters. The predicted octanol–water partition coefficient (Wildman–Crippen LogP) is 4.85. The first-order valence-electron chi connectivity index (χ1n) is 11.2. The average molecular weight is 544 g/mol. The number of rotatable bonds is 5. The Morgan fingerprint density at radius 2 is 1.80 bits per heavy atom.